The zero-order valence-corrected chi connectivity index (χ0v) is 18.9. The molecule has 3 aromatic rings. The number of nitrogens with one attached hydrogen (secondary N) is 2. The molecule has 3 rings (SSSR count). The van der Waals surface area contributed by atoms with Gasteiger partial charge >= 0.3 is 0 Å². The van der Waals surface area contributed by atoms with Crippen LogP contribution in [0.1, 0.15) is 39.7 Å². The summed E-state index contributed by atoms with van der Waals surface area (Å²) in [6.07, 6.45) is 2.55. The molecule has 0 saturated heterocycles. The highest BCUT2D eigenvalue weighted by molar-refractivity contribution is 7.92. The van der Waals surface area contributed by atoms with Crippen molar-refractivity contribution in [2.24, 2.45) is 5.92 Å². The van der Waals surface area contributed by atoms with Gasteiger partial charge in [-0.15, -0.1) is 0 Å². The van der Waals surface area contributed by atoms with E-state index in [1.165, 1.54) is 17.3 Å². The zero-order valence-electron chi connectivity index (χ0n) is 18.1. The fourth-order valence-corrected chi connectivity index (χ4v) is 5.47. The van der Waals surface area contributed by atoms with E-state index in [2.05, 4.69) is 24.1 Å². The van der Waals surface area contributed by atoms with Gasteiger partial charge in [-0.2, -0.15) is 0 Å². The number of sulfonamides is 1. The van der Waals surface area contributed by atoms with Crippen molar-refractivity contribution in [3.05, 3.63) is 54.2 Å². The van der Waals surface area contributed by atoms with Gasteiger partial charge in [-0.05, 0) is 68.1 Å². The van der Waals surface area contributed by atoms with Gasteiger partial charge in [0.2, 0.25) is 5.91 Å². The molecule has 0 spiro atoms. The lowest BCUT2D eigenvalue weighted by Crippen LogP contribution is -2.39. The monoisotopic (exact) mass is 427 g/mol. The number of rotatable bonds is 7. The van der Waals surface area contributed by atoms with Crippen molar-refractivity contribution in [3.63, 3.8) is 0 Å². The van der Waals surface area contributed by atoms with E-state index in [1.807, 2.05) is 44.3 Å². The lowest BCUT2D eigenvalue weighted by molar-refractivity contribution is -0.114. The first-order chi connectivity index (χ1) is 14.1. The first-order valence-corrected chi connectivity index (χ1v) is 11.5. The van der Waals surface area contributed by atoms with E-state index < -0.39 is 10.0 Å². The summed E-state index contributed by atoms with van der Waals surface area (Å²) in [5, 5.41) is 3.67. The fraction of sp³-hybridized carbons (Fsp3) is 0.348. The molecule has 0 radical (unpaired) electrons. The van der Waals surface area contributed by atoms with Crippen LogP contribution in [0.2, 0.25) is 0 Å². The summed E-state index contributed by atoms with van der Waals surface area (Å²) < 4.78 is 29.1. The van der Waals surface area contributed by atoms with E-state index in [9.17, 15) is 13.2 Å². The zero-order chi connectivity index (χ0) is 22.1. The number of anilines is 2. The van der Waals surface area contributed by atoms with E-state index in [0.29, 0.717) is 17.3 Å². The van der Waals surface area contributed by atoms with E-state index in [-0.39, 0.29) is 16.8 Å². The summed E-state index contributed by atoms with van der Waals surface area (Å²) in [4.78, 5) is 14.8. The molecule has 7 heteroatoms. The topological polar surface area (TPSA) is 82.3 Å². The lowest BCUT2D eigenvalue weighted by Gasteiger charge is -2.32. The number of carbonyl (C=O) groups is 1. The molecule has 2 N–H and O–H groups in total. The van der Waals surface area contributed by atoms with Gasteiger partial charge in [0, 0.05) is 35.8 Å². The smallest absolute Gasteiger partial charge is 0.264 e. The Labute approximate surface area is 178 Å². The van der Waals surface area contributed by atoms with E-state index in [0.717, 1.165) is 22.9 Å². The number of amides is 1. The van der Waals surface area contributed by atoms with E-state index in [4.69, 9.17) is 0 Å². The van der Waals surface area contributed by atoms with Crippen LogP contribution < -0.4 is 9.62 Å². The van der Waals surface area contributed by atoms with Crippen LogP contribution in [-0.2, 0) is 14.8 Å². The Morgan fingerprint density at radius 1 is 1.10 bits per heavy atom. The molecule has 1 heterocycles. The summed E-state index contributed by atoms with van der Waals surface area (Å²) in [7, 11) is -3.85. The Balaban J connectivity index is 2.13. The molecule has 0 fully saturated rings. The normalized spacial score (nSPS) is 12.9. The minimum Gasteiger partial charge on any atom is -0.361 e. The van der Waals surface area contributed by atoms with Crippen molar-refractivity contribution in [3.8, 4) is 0 Å². The third-order valence-electron chi connectivity index (χ3n) is 5.08. The second-order valence-corrected chi connectivity index (χ2v) is 10.0. The average molecular weight is 428 g/mol. The molecule has 0 aliphatic heterocycles. The molecular formula is C23H29N3O3S. The van der Waals surface area contributed by atoms with Crippen LogP contribution in [0, 0.1) is 12.8 Å². The average Bonchev–Trinajstić information content (AvgIpc) is 3.10. The van der Waals surface area contributed by atoms with Crippen molar-refractivity contribution in [1.82, 2.24) is 4.98 Å². The number of aryl methyl sites for hydroxylation is 1. The molecule has 1 amide bonds. The van der Waals surface area contributed by atoms with Crippen LogP contribution >= 0.6 is 0 Å². The van der Waals surface area contributed by atoms with Crippen LogP contribution in [-0.4, -0.2) is 25.4 Å². The first-order valence-electron chi connectivity index (χ1n) is 10.1. The number of H-pyrrole nitrogens is 1. The molecule has 0 bridgehead atoms. The highest BCUT2D eigenvalue weighted by Gasteiger charge is 2.30. The predicted molar refractivity (Wildman–Crippen MR) is 122 cm³/mol. The molecule has 6 nitrogen and oxygen atoms in total. The number of aromatic nitrogens is 1. The molecule has 1 aromatic heterocycles. The van der Waals surface area contributed by atoms with Gasteiger partial charge in [0.05, 0.1) is 10.6 Å². The molecule has 0 aliphatic carbocycles. The maximum absolute atomic E-state index is 13.8. The van der Waals surface area contributed by atoms with Crippen LogP contribution in [0.3, 0.4) is 0 Å². The number of benzene rings is 2. The third-order valence-corrected chi connectivity index (χ3v) is 7.02. The van der Waals surface area contributed by atoms with Gasteiger partial charge in [0.15, 0.2) is 0 Å². The number of carbonyl (C=O) groups excluding carboxylic acids is 1. The number of hydrogen-bond donors (Lipinski definition) is 2. The highest BCUT2D eigenvalue weighted by Crippen LogP contribution is 2.32. The van der Waals surface area contributed by atoms with Gasteiger partial charge in [-0.1, -0.05) is 19.9 Å². The standard InChI is InChI=1S/C23H29N3O3S/c1-15(2)12-17(4)26(20-7-9-22-19(13-20)10-11-24-22)30(28,29)21-8-6-16(3)23(14-21)25-18(5)27/h6-11,13-15,17,24H,12H2,1-5H3,(H,25,27). The van der Waals surface area contributed by atoms with E-state index >= 15 is 0 Å². The molecule has 1 atom stereocenters. The van der Waals surface area contributed by atoms with Crippen molar-refractivity contribution in [2.75, 3.05) is 9.62 Å². The van der Waals surface area contributed by atoms with Crippen LogP contribution in [0.15, 0.2) is 53.6 Å². The SMILES string of the molecule is CC(=O)Nc1cc(S(=O)(=O)N(c2ccc3[nH]ccc3c2)C(C)CC(C)C)ccc1C. The Kier molecular flexibility index (Phi) is 6.22. The Bertz CT molecular complexity index is 1170. The second-order valence-electron chi connectivity index (χ2n) is 8.19. The quantitative estimate of drug-likeness (QED) is 0.553. The van der Waals surface area contributed by atoms with Crippen LogP contribution in [0.4, 0.5) is 11.4 Å². The second kappa shape index (κ2) is 8.52. The lowest BCUT2D eigenvalue weighted by atomic mass is 10.0. The largest absolute Gasteiger partial charge is 0.361 e. The van der Waals surface area contributed by atoms with Crippen molar-refractivity contribution in [2.45, 2.75) is 52.0 Å². The van der Waals surface area contributed by atoms with E-state index in [1.54, 1.807) is 12.1 Å². The predicted octanol–water partition coefficient (Wildman–Crippen LogP) is 5.06. The van der Waals surface area contributed by atoms with Gasteiger partial charge < -0.3 is 10.3 Å². The molecule has 0 saturated carbocycles. The molecule has 0 aliphatic rings. The Hall–Kier alpha value is -2.80. The van der Waals surface area contributed by atoms with Gasteiger partial charge in [-0.25, -0.2) is 8.42 Å². The number of nitrogens with zero attached hydrogens (tertiary/aromatic N) is 1. The highest BCUT2D eigenvalue weighted by atomic mass is 32.2. The fourth-order valence-electron chi connectivity index (χ4n) is 3.79. The maximum Gasteiger partial charge on any atom is 0.264 e. The van der Waals surface area contributed by atoms with Gasteiger partial charge in [0.1, 0.15) is 0 Å². The van der Waals surface area contributed by atoms with Gasteiger partial charge in [0.25, 0.3) is 10.0 Å². The molecule has 1 unspecified atom stereocenters. The van der Waals surface area contributed by atoms with Crippen LogP contribution in [0.5, 0.6) is 0 Å². The number of aromatic amines is 1. The molecule has 2 aromatic carbocycles. The summed E-state index contributed by atoms with van der Waals surface area (Å²) in [6, 6.07) is 12.2. The van der Waals surface area contributed by atoms with Crippen molar-refractivity contribution >= 4 is 38.2 Å². The molecular weight excluding hydrogens is 398 g/mol. The summed E-state index contributed by atoms with van der Waals surface area (Å²) in [5.74, 6) is 0.0947. The summed E-state index contributed by atoms with van der Waals surface area (Å²) >= 11 is 0. The van der Waals surface area contributed by atoms with Crippen molar-refractivity contribution in [1.29, 1.82) is 0 Å². The summed E-state index contributed by atoms with van der Waals surface area (Å²) in [5.41, 5.74) is 2.88. The van der Waals surface area contributed by atoms with Crippen LogP contribution in [0.25, 0.3) is 10.9 Å². The Morgan fingerprint density at radius 3 is 2.50 bits per heavy atom. The number of fused-ring (bicyclic) bond motifs is 1. The van der Waals surface area contributed by atoms with Gasteiger partial charge in [-0.3, -0.25) is 9.10 Å². The minimum absolute atomic E-state index is 0.154. The maximum atomic E-state index is 13.8. The minimum atomic E-state index is -3.85. The third kappa shape index (κ3) is 4.51. The Morgan fingerprint density at radius 2 is 1.83 bits per heavy atom. The molecule has 30 heavy (non-hydrogen) atoms. The first kappa shape index (κ1) is 21.9. The number of hydrogen-bond acceptors (Lipinski definition) is 3. The molecule has 160 valence electrons. The van der Waals surface area contributed by atoms with Crippen molar-refractivity contribution < 1.29 is 13.2 Å². The summed E-state index contributed by atoms with van der Waals surface area (Å²) in [6.45, 7) is 9.33.